The highest BCUT2D eigenvalue weighted by Crippen LogP contribution is 2.34. The summed E-state index contributed by atoms with van der Waals surface area (Å²) in [7, 11) is 0. The van der Waals surface area contributed by atoms with Crippen molar-refractivity contribution in [3.8, 4) is 0 Å². The third-order valence-electron chi connectivity index (χ3n) is 5.05. The molecule has 0 N–H and O–H groups in total. The Morgan fingerprint density at radius 3 is 2.91 bits per heavy atom. The van der Waals surface area contributed by atoms with Gasteiger partial charge >= 0.3 is 0 Å². The van der Waals surface area contributed by atoms with Gasteiger partial charge in [0.1, 0.15) is 5.69 Å². The second kappa shape index (κ2) is 5.88. The van der Waals surface area contributed by atoms with Crippen molar-refractivity contribution in [3.05, 3.63) is 24.3 Å². The lowest BCUT2D eigenvalue weighted by Gasteiger charge is -2.34. The molecule has 3 saturated heterocycles. The number of hydrogen-bond acceptors (Lipinski definition) is 5. The molecule has 0 radical (unpaired) electrons. The molecule has 3 fully saturated rings. The van der Waals surface area contributed by atoms with Crippen molar-refractivity contribution < 1.29 is 14.3 Å². The number of rotatable bonds is 2. The van der Waals surface area contributed by atoms with Crippen LogP contribution in [0.15, 0.2) is 18.6 Å². The normalized spacial score (nSPS) is 30.6. The van der Waals surface area contributed by atoms with E-state index in [9.17, 15) is 9.59 Å². The molecular weight excluding hydrogens is 296 g/mol. The Balaban J connectivity index is 1.60. The smallest absolute Gasteiger partial charge is 0.274 e. The van der Waals surface area contributed by atoms with E-state index in [0.717, 1.165) is 25.8 Å². The zero-order chi connectivity index (χ0) is 15.8. The molecule has 2 amide bonds. The molecule has 3 aliphatic heterocycles. The maximum absolute atomic E-state index is 12.8. The number of fused-ring (bicyclic) bond motifs is 1. The minimum atomic E-state index is -0.118. The fourth-order valence-electron chi connectivity index (χ4n) is 4.01. The van der Waals surface area contributed by atoms with Crippen molar-refractivity contribution in [3.63, 3.8) is 0 Å². The van der Waals surface area contributed by atoms with E-state index < -0.39 is 0 Å². The molecule has 0 spiro atoms. The van der Waals surface area contributed by atoms with Crippen LogP contribution in [0.25, 0.3) is 0 Å². The minimum Gasteiger partial charge on any atom is -0.374 e. The second-order valence-corrected chi connectivity index (χ2v) is 6.35. The number of carbonyl (C=O) groups excluding carboxylic acids is 2. The van der Waals surface area contributed by atoms with Crippen LogP contribution in [0.2, 0.25) is 0 Å². The Morgan fingerprint density at radius 1 is 1.26 bits per heavy atom. The van der Waals surface area contributed by atoms with Gasteiger partial charge in [-0.25, -0.2) is 4.98 Å². The van der Waals surface area contributed by atoms with Gasteiger partial charge in [0, 0.05) is 38.5 Å². The van der Waals surface area contributed by atoms with E-state index >= 15 is 0 Å². The molecule has 3 aliphatic rings. The maximum Gasteiger partial charge on any atom is 0.274 e. The first-order chi connectivity index (χ1) is 11.3. The Morgan fingerprint density at radius 2 is 2.17 bits per heavy atom. The van der Waals surface area contributed by atoms with Crippen molar-refractivity contribution in [2.75, 3.05) is 19.7 Å². The third kappa shape index (κ3) is 2.49. The number of hydrogen-bond donors (Lipinski definition) is 0. The summed E-state index contributed by atoms with van der Waals surface area (Å²) in [6.45, 7) is 1.99. The van der Waals surface area contributed by atoms with Gasteiger partial charge in [0.2, 0.25) is 5.91 Å². The Hall–Kier alpha value is -2.02. The molecule has 122 valence electrons. The van der Waals surface area contributed by atoms with Crippen molar-refractivity contribution in [1.29, 1.82) is 0 Å². The molecule has 0 unspecified atom stereocenters. The molecule has 23 heavy (non-hydrogen) atoms. The maximum atomic E-state index is 12.8. The first-order valence-corrected chi connectivity index (χ1v) is 8.24. The van der Waals surface area contributed by atoms with Crippen molar-refractivity contribution in [1.82, 2.24) is 19.8 Å². The highest BCUT2D eigenvalue weighted by molar-refractivity contribution is 5.92. The Bertz CT molecular complexity index is 609. The van der Waals surface area contributed by atoms with Crippen molar-refractivity contribution in [2.45, 2.75) is 43.9 Å². The van der Waals surface area contributed by atoms with Crippen molar-refractivity contribution in [2.24, 2.45) is 0 Å². The van der Waals surface area contributed by atoms with Crippen LogP contribution >= 0.6 is 0 Å². The van der Waals surface area contributed by atoms with E-state index in [1.54, 1.807) is 6.20 Å². The average Bonchev–Trinajstić information content (AvgIpc) is 3.18. The van der Waals surface area contributed by atoms with E-state index in [2.05, 4.69) is 9.97 Å². The van der Waals surface area contributed by atoms with Gasteiger partial charge in [0.05, 0.1) is 24.4 Å². The molecule has 7 heteroatoms. The lowest BCUT2D eigenvalue weighted by Crippen LogP contribution is -2.48. The zero-order valence-electron chi connectivity index (χ0n) is 12.9. The van der Waals surface area contributed by atoms with Crippen LogP contribution in [0.3, 0.4) is 0 Å². The number of aromatic nitrogens is 2. The molecule has 3 atom stereocenters. The van der Waals surface area contributed by atoms with Crippen LogP contribution in [0.5, 0.6) is 0 Å². The third-order valence-corrected chi connectivity index (χ3v) is 5.05. The predicted molar refractivity (Wildman–Crippen MR) is 80.6 cm³/mol. The van der Waals surface area contributed by atoms with Gasteiger partial charge in [-0.1, -0.05) is 0 Å². The summed E-state index contributed by atoms with van der Waals surface area (Å²) in [6.07, 6.45) is 7.85. The monoisotopic (exact) mass is 316 g/mol. The Kier molecular flexibility index (Phi) is 3.72. The molecule has 0 aliphatic carbocycles. The molecule has 1 aromatic rings. The molecule has 4 heterocycles. The highest BCUT2D eigenvalue weighted by atomic mass is 16.5. The van der Waals surface area contributed by atoms with Gasteiger partial charge in [-0.05, 0) is 19.3 Å². The Labute approximate surface area is 134 Å². The SMILES string of the molecule is O=C1CCCN1[C@@H]1CN(C(=O)c2cnccn2)[C@@H]2CCCO[C@H]12. The van der Waals surface area contributed by atoms with E-state index in [4.69, 9.17) is 4.74 Å². The summed E-state index contributed by atoms with van der Waals surface area (Å²) < 4.78 is 5.97. The number of likely N-dealkylation sites (tertiary alicyclic amines) is 2. The topological polar surface area (TPSA) is 75.6 Å². The first kappa shape index (κ1) is 14.6. The molecule has 0 bridgehead atoms. The number of ether oxygens (including phenoxy) is 1. The predicted octanol–water partition coefficient (Wildman–Crippen LogP) is 0.471. The van der Waals surface area contributed by atoms with E-state index in [1.165, 1.54) is 12.4 Å². The van der Waals surface area contributed by atoms with E-state index in [0.29, 0.717) is 25.3 Å². The summed E-state index contributed by atoms with van der Waals surface area (Å²) in [4.78, 5) is 36.8. The standard InChI is InChI=1S/C16H20N4O3/c21-14-4-1-7-19(14)13-10-20(12-3-2-8-23-15(12)13)16(22)11-9-17-5-6-18-11/h5-6,9,12-13,15H,1-4,7-8,10H2/t12-,13-,15+/m1/s1. The average molecular weight is 316 g/mol. The van der Waals surface area contributed by atoms with Crippen LogP contribution in [0, 0.1) is 0 Å². The number of amides is 2. The molecule has 4 rings (SSSR count). The summed E-state index contributed by atoms with van der Waals surface area (Å²) in [5, 5.41) is 0. The quantitative estimate of drug-likeness (QED) is 0.793. The number of carbonyl (C=O) groups is 2. The van der Waals surface area contributed by atoms with Gasteiger partial charge in [-0.2, -0.15) is 0 Å². The fourth-order valence-corrected chi connectivity index (χ4v) is 4.01. The summed E-state index contributed by atoms with van der Waals surface area (Å²) in [6, 6.07) is -0.00687. The molecule has 1 aromatic heterocycles. The summed E-state index contributed by atoms with van der Waals surface area (Å²) >= 11 is 0. The summed E-state index contributed by atoms with van der Waals surface area (Å²) in [5.74, 6) is 0.0597. The number of nitrogens with zero attached hydrogens (tertiary/aromatic N) is 4. The molecule has 7 nitrogen and oxygen atoms in total. The van der Waals surface area contributed by atoms with Gasteiger partial charge in [-0.3, -0.25) is 14.6 Å². The first-order valence-electron chi connectivity index (χ1n) is 8.24. The van der Waals surface area contributed by atoms with Gasteiger partial charge in [0.15, 0.2) is 0 Å². The van der Waals surface area contributed by atoms with Gasteiger partial charge in [0.25, 0.3) is 5.91 Å². The lowest BCUT2D eigenvalue weighted by molar-refractivity contribution is -0.132. The largest absolute Gasteiger partial charge is 0.374 e. The lowest BCUT2D eigenvalue weighted by atomic mass is 10.00. The van der Waals surface area contributed by atoms with Gasteiger partial charge in [-0.15, -0.1) is 0 Å². The minimum absolute atomic E-state index is 0.0247. The zero-order valence-corrected chi connectivity index (χ0v) is 12.9. The van der Waals surface area contributed by atoms with Crippen LogP contribution in [-0.2, 0) is 9.53 Å². The van der Waals surface area contributed by atoms with Gasteiger partial charge < -0.3 is 14.5 Å². The summed E-state index contributed by atoms with van der Waals surface area (Å²) in [5.41, 5.74) is 0.352. The van der Waals surface area contributed by atoms with Crippen LogP contribution in [-0.4, -0.2) is 69.5 Å². The van der Waals surface area contributed by atoms with Crippen LogP contribution < -0.4 is 0 Å². The second-order valence-electron chi connectivity index (χ2n) is 6.35. The molecular formula is C16H20N4O3. The molecule has 0 aromatic carbocycles. The fraction of sp³-hybridized carbons (Fsp3) is 0.625. The van der Waals surface area contributed by atoms with Crippen LogP contribution in [0.1, 0.15) is 36.2 Å². The van der Waals surface area contributed by atoms with E-state index in [-0.39, 0.29) is 30.0 Å². The highest BCUT2D eigenvalue weighted by Gasteiger charge is 2.50. The van der Waals surface area contributed by atoms with Crippen molar-refractivity contribution >= 4 is 11.8 Å². The van der Waals surface area contributed by atoms with Crippen LogP contribution in [0.4, 0.5) is 0 Å². The molecule has 0 saturated carbocycles. The van der Waals surface area contributed by atoms with E-state index in [1.807, 2.05) is 9.80 Å².